The number of piperidine rings is 1. The van der Waals surface area contributed by atoms with Crippen molar-refractivity contribution in [2.75, 3.05) is 32.2 Å². The number of benzene rings is 2. The van der Waals surface area contributed by atoms with Crippen LogP contribution in [0, 0.1) is 5.92 Å². The Labute approximate surface area is 164 Å². The predicted octanol–water partition coefficient (Wildman–Crippen LogP) is 3.75. The molecule has 2 aromatic carbocycles. The number of hydrogen-bond acceptors (Lipinski definition) is 6. The van der Waals surface area contributed by atoms with Crippen LogP contribution in [-0.4, -0.2) is 43.3 Å². The molecular weight excluding hydrogens is 354 g/mol. The lowest BCUT2D eigenvalue weighted by Crippen LogP contribution is -2.37. The molecule has 0 unspecified atom stereocenters. The minimum atomic E-state index is 0.0521. The van der Waals surface area contributed by atoms with Crippen molar-refractivity contribution in [3.8, 4) is 11.5 Å². The predicted molar refractivity (Wildman–Crippen MR) is 108 cm³/mol. The summed E-state index contributed by atoms with van der Waals surface area (Å²) in [6.07, 6.45) is 3.34. The standard InChI is InChI=1S/C22H23N3O3/c1-27-19-12-17-14-23-24-22(18(17)13-20(19)28-2)25-10-8-16(9-11-25)21(26)15-6-4-3-5-7-15/h3-7,12-14,16H,8-11H2,1-2H3. The largest absolute Gasteiger partial charge is 0.493 e. The molecule has 144 valence electrons. The Morgan fingerprint density at radius 3 is 2.39 bits per heavy atom. The smallest absolute Gasteiger partial charge is 0.166 e. The Morgan fingerprint density at radius 2 is 1.71 bits per heavy atom. The van der Waals surface area contributed by atoms with Gasteiger partial charge in [-0.05, 0) is 25.0 Å². The molecule has 0 atom stereocenters. The van der Waals surface area contributed by atoms with Gasteiger partial charge in [0.25, 0.3) is 0 Å². The maximum atomic E-state index is 12.7. The van der Waals surface area contributed by atoms with Crippen molar-refractivity contribution in [3.05, 3.63) is 54.2 Å². The van der Waals surface area contributed by atoms with E-state index in [1.165, 1.54) is 0 Å². The lowest BCUT2D eigenvalue weighted by Gasteiger charge is -2.32. The molecule has 6 nitrogen and oxygen atoms in total. The van der Waals surface area contributed by atoms with Gasteiger partial charge in [0.1, 0.15) is 0 Å². The summed E-state index contributed by atoms with van der Waals surface area (Å²) in [6, 6.07) is 13.4. The number of Topliss-reactive ketones (excluding diaryl/α,β-unsaturated/α-hetero) is 1. The number of fused-ring (bicyclic) bond motifs is 1. The maximum Gasteiger partial charge on any atom is 0.166 e. The molecule has 1 fully saturated rings. The third kappa shape index (κ3) is 3.38. The second-order valence-corrected chi connectivity index (χ2v) is 6.95. The molecule has 1 aromatic heterocycles. The molecule has 3 aromatic rings. The Kier molecular flexibility index (Phi) is 5.10. The van der Waals surface area contributed by atoms with E-state index < -0.39 is 0 Å². The maximum absolute atomic E-state index is 12.7. The Bertz CT molecular complexity index is 983. The number of carbonyl (C=O) groups is 1. The van der Waals surface area contributed by atoms with Gasteiger partial charge in [-0.1, -0.05) is 30.3 Å². The summed E-state index contributed by atoms with van der Waals surface area (Å²) >= 11 is 0. The fourth-order valence-corrected chi connectivity index (χ4v) is 3.82. The Morgan fingerprint density at radius 1 is 1.04 bits per heavy atom. The quantitative estimate of drug-likeness (QED) is 0.631. The van der Waals surface area contributed by atoms with Crippen LogP contribution in [0.25, 0.3) is 10.8 Å². The Hall–Kier alpha value is -3.15. The average Bonchev–Trinajstić information content (AvgIpc) is 2.77. The number of anilines is 1. The molecule has 4 rings (SSSR count). The summed E-state index contributed by atoms with van der Waals surface area (Å²) in [5.74, 6) is 2.44. The Balaban J connectivity index is 1.56. The first-order valence-corrected chi connectivity index (χ1v) is 9.43. The number of methoxy groups -OCH3 is 2. The normalized spacial score (nSPS) is 14.9. The first kappa shape index (κ1) is 18.2. The highest BCUT2D eigenvalue weighted by atomic mass is 16.5. The summed E-state index contributed by atoms with van der Waals surface area (Å²) in [5, 5.41) is 10.5. The summed E-state index contributed by atoms with van der Waals surface area (Å²) in [4.78, 5) is 14.9. The highest BCUT2D eigenvalue weighted by Crippen LogP contribution is 2.36. The van der Waals surface area contributed by atoms with Crippen molar-refractivity contribution >= 4 is 22.4 Å². The molecule has 1 aliphatic rings. The van der Waals surface area contributed by atoms with E-state index in [4.69, 9.17) is 9.47 Å². The topological polar surface area (TPSA) is 64.6 Å². The van der Waals surface area contributed by atoms with E-state index in [1.54, 1.807) is 20.4 Å². The van der Waals surface area contributed by atoms with E-state index in [2.05, 4.69) is 15.1 Å². The zero-order chi connectivity index (χ0) is 19.5. The molecule has 0 spiro atoms. The van der Waals surface area contributed by atoms with Crippen LogP contribution < -0.4 is 14.4 Å². The van der Waals surface area contributed by atoms with Gasteiger partial charge in [0, 0.05) is 35.3 Å². The van der Waals surface area contributed by atoms with Gasteiger partial charge in [0.15, 0.2) is 23.1 Å². The van der Waals surface area contributed by atoms with Crippen LogP contribution in [0.3, 0.4) is 0 Å². The zero-order valence-electron chi connectivity index (χ0n) is 16.1. The molecule has 0 aliphatic carbocycles. The molecule has 0 N–H and O–H groups in total. The number of ketones is 1. The molecule has 6 heteroatoms. The molecule has 0 radical (unpaired) electrons. The van der Waals surface area contributed by atoms with Crippen molar-refractivity contribution in [2.24, 2.45) is 5.92 Å². The SMILES string of the molecule is COc1cc2cnnc(N3CCC(C(=O)c4ccccc4)CC3)c2cc1OC. The lowest BCUT2D eigenvalue weighted by molar-refractivity contribution is 0.0900. The van der Waals surface area contributed by atoms with Gasteiger partial charge in [0.2, 0.25) is 0 Å². The summed E-state index contributed by atoms with van der Waals surface area (Å²) in [7, 11) is 3.24. The van der Waals surface area contributed by atoms with E-state index in [1.807, 2.05) is 42.5 Å². The summed E-state index contributed by atoms with van der Waals surface area (Å²) < 4.78 is 10.8. The third-order valence-corrected chi connectivity index (χ3v) is 5.37. The van der Waals surface area contributed by atoms with Crippen LogP contribution in [0.5, 0.6) is 11.5 Å². The fourth-order valence-electron chi connectivity index (χ4n) is 3.82. The third-order valence-electron chi connectivity index (χ3n) is 5.37. The summed E-state index contributed by atoms with van der Waals surface area (Å²) in [5.41, 5.74) is 0.794. The molecular formula is C22H23N3O3. The second-order valence-electron chi connectivity index (χ2n) is 6.95. The van der Waals surface area contributed by atoms with Gasteiger partial charge in [-0.25, -0.2) is 0 Å². The number of hydrogen-bond donors (Lipinski definition) is 0. The molecule has 0 saturated carbocycles. The number of ether oxygens (including phenoxy) is 2. The fraction of sp³-hybridized carbons (Fsp3) is 0.318. The van der Waals surface area contributed by atoms with Crippen molar-refractivity contribution in [1.82, 2.24) is 10.2 Å². The molecule has 1 saturated heterocycles. The first-order valence-electron chi connectivity index (χ1n) is 9.43. The van der Waals surface area contributed by atoms with Gasteiger partial charge in [0.05, 0.1) is 20.4 Å². The molecule has 2 heterocycles. The van der Waals surface area contributed by atoms with Crippen molar-refractivity contribution in [2.45, 2.75) is 12.8 Å². The number of nitrogens with zero attached hydrogens (tertiary/aromatic N) is 3. The van der Waals surface area contributed by atoms with Gasteiger partial charge >= 0.3 is 0 Å². The molecule has 0 bridgehead atoms. The van der Waals surface area contributed by atoms with E-state index >= 15 is 0 Å². The lowest BCUT2D eigenvalue weighted by atomic mass is 9.89. The van der Waals surface area contributed by atoms with Crippen LogP contribution >= 0.6 is 0 Å². The van der Waals surface area contributed by atoms with E-state index in [9.17, 15) is 4.79 Å². The number of aromatic nitrogens is 2. The highest BCUT2D eigenvalue weighted by Gasteiger charge is 2.27. The molecule has 28 heavy (non-hydrogen) atoms. The van der Waals surface area contributed by atoms with Crippen LogP contribution in [0.1, 0.15) is 23.2 Å². The zero-order valence-corrected chi connectivity index (χ0v) is 16.1. The van der Waals surface area contributed by atoms with Crippen LogP contribution in [0.2, 0.25) is 0 Å². The monoisotopic (exact) mass is 377 g/mol. The summed E-state index contributed by atoms with van der Waals surface area (Å²) in [6.45, 7) is 1.54. The van der Waals surface area contributed by atoms with Crippen molar-refractivity contribution < 1.29 is 14.3 Å². The van der Waals surface area contributed by atoms with Gasteiger partial charge in [-0.15, -0.1) is 5.10 Å². The van der Waals surface area contributed by atoms with E-state index in [0.29, 0.717) is 11.5 Å². The van der Waals surface area contributed by atoms with Crippen molar-refractivity contribution in [1.29, 1.82) is 0 Å². The van der Waals surface area contributed by atoms with E-state index in [-0.39, 0.29) is 11.7 Å². The van der Waals surface area contributed by atoms with Crippen LogP contribution in [-0.2, 0) is 0 Å². The van der Waals surface area contributed by atoms with Crippen LogP contribution in [0.15, 0.2) is 48.7 Å². The van der Waals surface area contributed by atoms with Crippen molar-refractivity contribution in [3.63, 3.8) is 0 Å². The average molecular weight is 377 g/mol. The molecule has 1 aliphatic heterocycles. The van der Waals surface area contributed by atoms with E-state index in [0.717, 1.165) is 48.1 Å². The molecule has 0 amide bonds. The van der Waals surface area contributed by atoms with Gasteiger partial charge < -0.3 is 14.4 Å². The number of carbonyl (C=O) groups excluding carboxylic acids is 1. The minimum absolute atomic E-state index is 0.0521. The van der Waals surface area contributed by atoms with Crippen LogP contribution in [0.4, 0.5) is 5.82 Å². The minimum Gasteiger partial charge on any atom is -0.493 e. The highest BCUT2D eigenvalue weighted by molar-refractivity contribution is 5.98. The first-order chi connectivity index (χ1) is 13.7. The van der Waals surface area contributed by atoms with Gasteiger partial charge in [-0.2, -0.15) is 5.10 Å². The number of rotatable bonds is 5. The second kappa shape index (κ2) is 7.84. The van der Waals surface area contributed by atoms with Gasteiger partial charge in [-0.3, -0.25) is 4.79 Å².